The van der Waals surface area contributed by atoms with Crippen LogP contribution in [0.4, 0.5) is 4.39 Å². The van der Waals surface area contributed by atoms with E-state index in [1.54, 1.807) is 12.1 Å². The smallest absolute Gasteiger partial charge is 0.123 e. The van der Waals surface area contributed by atoms with Crippen LogP contribution in [-0.2, 0) is 0 Å². The summed E-state index contributed by atoms with van der Waals surface area (Å²) in [6.07, 6.45) is 9.93. The van der Waals surface area contributed by atoms with Crippen molar-refractivity contribution in [1.29, 1.82) is 0 Å². The van der Waals surface area contributed by atoms with Crippen LogP contribution in [0.15, 0.2) is 36.8 Å². The lowest BCUT2D eigenvalue weighted by molar-refractivity contribution is 0.110. The second kappa shape index (κ2) is 4.95. The molecule has 1 aliphatic heterocycles. The van der Waals surface area contributed by atoms with Gasteiger partial charge in [0.25, 0.3) is 0 Å². The molecular formula is C17H20FN3. The van der Waals surface area contributed by atoms with Gasteiger partial charge in [-0.2, -0.15) is 0 Å². The highest BCUT2D eigenvalue weighted by Gasteiger charge is 2.41. The molecule has 2 heterocycles. The Hall–Kier alpha value is -1.68. The van der Waals surface area contributed by atoms with E-state index < -0.39 is 0 Å². The number of rotatable bonds is 2. The van der Waals surface area contributed by atoms with Gasteiger partial charge in [-0.15, -0.1) is 0 Å². The van der Waals surface area contributed by atoms with Crippen LogP contribution in [0.25, 0.3) is 11.3 Å². The second-order valence-electron chi connectivity index (χ2n) is 6.40. The van der Waals surface area contributed by atoms with Gasteiger partial charge in [0, 0.05) is 17.1 Å². The molecule has 3 nitrogen and oxygen atoms in total. The Kier molecular flexibility index (Phi) is 3.07. The molecule has 2 fully saturated rings. The van der Waals surface area contributed by atoms with E-state index in [1.165, 1.54) is 25.3 Å². The van der Waals surface area contributed by atoms with Crippen LogP contribution in [0.1, 0.15) is 38.1 Å². The maximum atomic E-state index is 13.5. The Labute approximate surface area is 124 Å². The average molecular weight is 285 g/mol. The Balaban J connectivity index is 1.65. The summed E-state index contributed by atoms with van der Waals surface area (Å²) >= 11 is 0. The quantitative estimate of drug-likeness (QED) is 0.914. The zero-order valence-electron chi connectivity index (χ0n) is 12.1. The van der Waals surface area contributed by atoms with E-state index in [4.69, 9.17) is 0 Å². The lowest BCUT2D eigenvalue weighted by atomic mass is 9.70. The topological polar surface area (TPSA) is 29.9 Å². The van der Waals surface area contributed by atoms with Crippen LogP contribution in [0.2, 0.25) is 0 Å². The Morgan fingerprint density at radius 2 is 2.24 bits per heavy atom. The Morgan fingerprint density at radius 1 is 1.33 bits per heavy atom. The van der Waals surface area contributed by atoms with Gasteiger partial charge in [-0.05, 0) is 50.8 Å². The number of hydrogen-bond acceptors (Lipinski definition) is 2. The predicted octanol–water partition coefficient (Wildman–Crippen LogP) is 3.54. The third-order valence-corrected chi connectivity index (χ3v) is 5.09. The maximum Gasteiger partial charge on any atom is 0.123 e. The fraction of sp³-hybridized carbons (Fsp3) is 0.471. The zero-order valence-corrected chi connectivity index (χ0v) is 12.1. The molecule has 4 heteroatoms. The molecule has 1 aromatic carbocycles. The summed E-state index contributed by atoms with van der Waals surface area (Å²) in [4.78, 5) is 4.32. The van der Waals surface area contributed by atoms with Gasteiger partial charge in [0.2, 0.25) is 0 Å². The molecule has 4 rings (SSSR count). The SMILES string of the molecule is Fc1cccc(-c2cncn2C2CCNC3(CCC3)C2)c1. The molecular weight excluding hydrogens is 265 g/mol. The molecule has 1 aromatic heterocycles. The maximum absolute atomic E-state index is 13.5. The minimum Gasteiger partial charge on any atom is -0.327 e. The lowest BCUT2D eigenvalue weighted by Gasteiger charge is -2.48. The number of nitrogens with zero attached hydrogens (tertiary/aromatic N) is 2. The van der Waals surface area contributed by atoms with Gasteiger partial charge in [0.05, 0.1) is 18.2 Å². The Bertz CT molecular complexity index is 645. The van der Waals surface area contributed by atoms with Crippen molar-refractivity contribution in [3.63, 3.8) is 0 Å². The third-order valence-electron chi connectivity index (χ3n) is 5.09. The molecule has 1 unspecified atom stereocenters. The molecule has 1 N–H and O–H groups in total. The molecule has 0 amide bonds. The number of nitrogens with one attached hydrogen (secondary N) is 1. The predicted molar refractivity (Wildman–Crippen MR) is 80.5 cm³/mol. The van der Waals surface area contributed by atoms with Crippen molar-refractivity contribution in [3.05, 3.63) is 42.6 Å². The Morgan fingerprint density at radius 3 is 3.00 bits per heavy atom. The minimum atomic E-state index is -0.193. The van der Waals surface area contributed by atoms with E-state index in [2.05, 4.69) is 14.9 Å². The number of halogens is 1. The molecule has 1 atom stereocenters. The fourth-order valence-corrected chi connectivity index (χ4v) is 3.82. The number of hydrogen-bond donors (Lipinski definition) is 1. The van der Waals surface area contributed by atoms with Gasteiger partial charge in [0.1, 0.15) is 5.82 Å². The second-order valence-corrected chi connectivity index (χ2v) is 6.40. The largest absolute Gasteiger partial charge is 0.327 e. The van der Waals surface area contributed by atoms with Crippen LogP contribution >= 0.6 is 0 Å². The molecule has 1 saturated heterocycles. The van der Waals surface area contributed by atoms with Crippen molar-refractivity contribution in [2.75, 3.05) is 6.54 Å². The molecule has 21 heavy (non-hydrogen) atoms. The van der Waals surface area contributed by atoms with E-state index in [0.717, 1.165) is 30.6 Å². The van der Waals surface area contributed by atoms with Crippen molar-refractivity contribution in [2.45, 2.75) is 43.7 Å². The van der Waals surface area contributed by atoms with Crippen LogP contribution < -0.4 is 5.32 Å². The van der Waals surface area contributed by atoms with Crippen LogP contribution in [0.3, 0.4) is 0 Å². The number of benzene rings is 1. The van der Waals surface area contributed by atoms with Gasteiger partial charge in [-0.1, -0.05) is 12.1 Å². The number of aromatic nitrogens is 2. The summed E-state index contributed by atoms with van der Waals surface area (Å²) in [6.45, 7) is 1.06. The standard InChI is InChI=1S/C17H20FN3/c18-14-4-1-3-13(9-14)16-11-19-12-21(16)15-5-8-20-17(10-15)6-2-7-17/h1,3-4,9,11-12,15,20H,2,5-8,10H2. The van der Waals surface area contributed by atoms with Crippen molar-refractivity contribution in [1.82, 2.24) is 14.9 Å². The van der Waals surface area contributed by atoms with Gasteiger partial charge >= 0.3 is 0 Å². The zero-order chi connectivity index (χ0) is 14.3. The van der Waals surface area contributed by atoms with Crippen LogP contribution in [0.5, 0.6) is 0 Å². The molecule has 0 radical (unpaired) electrons. The minimum absolute atomic E-state index is 0.193. The van der Waals surface area contributed by atoms with E-state index in [1.807, 2.05) is 18.6 Å². The van der Waals surface area contributed by atoms with Crippen molar-refractivity contribution in [2.24, 2.45) is 0 Å². The van der Waals surface area contributed by atoms with Crippen molar-refractivity contribution < 1.29 is 4.39 Å². The monoisotopic (exact) mass is 285 g/mol. The first kappa shape index (κ1) is 13.0. The first-order valence-corrected chi connectivity index (χ1v) is 7.79. The summed E-state index contributed by atoms with van der Waals surface area (Å²) < 4.78 is 15.7. The van der Waals surface area contributed by atoms with Gasteiger partial charge < -0.3 is 9.88 Å². The number of imidazole rings is 1. The molecule has 1 saturated carbocycles. The van der Waals surface area contributed by atoms with E-state index >= 15 is 0 Å². The highest BCUT2D eigenvalue weighted by molar-refractivity contribution is 5.59. The summed E-state index contributed by atoms with van der Waals surface area (Å²) in [5, 5.41) is 3.70. The van der Waals surface area contributed by atoms with Crippen LogP contribution in [0, 0.1) is 5.82 Å². The molecule has 1 spiro atoms. The normalized spacial score (nSPS) is 24.0. The molecule has 0 bridgehead atoms. The number of piperidine rings is 1. The van der Waals surface area contributed by atoms with Crippen molar-refractivity contribution >= 4 is 0 Å². The first-order valence-electron chi connectivity index (χ1n) is 7.79. The highest BCUT2D eigenvalue weighted by Crippen LogP contribution is 2.42. The van der Waals surface area contributed by atoms with Crippen LogP contribution in [-0.4, -0.2) is 21.6 Å². The van der Waals surface area contributed by atoms with Gasteiger partial charge in [-0.25, -0.2) is 9.37 Å². The van der Waals surface area contributed by atoms with Crippen molar-refractivity contribution in [3.8, 4) is 11.3 Å². The summed E-state index contributed by atoms with van der Waals surface area (Å²) in [5.41, 5.74) is 2.29. The molecule has 2 aliphatic rings. The summed E-state index contributed by atoms with van der Waals surface area (Å²) in [6, 6.07) is 7.26. The van der Waals surface area contributed by atoms with Gasteiger partial charge in [-0.3, -0.25) is 0 Å². The molecule has 110 valence electrons. The summed E-state index contributed by atoms with van der Waals surface area (Å²) in [7, 11) is 0. The van der Waals surface area contributed by atoms with E-state index in [-0.39, 0.29) is 5.82 Å². The molecule has 2 aromatic rings. The lowest BCUT2D eigenvalue weighted by Crippen LogP contribution is -2.55. The summed E-state index contributed by atoms with van der Waals surface area (Å²) in [5.74, 6) is -0.193. The highest BCUT2D eigenvalue weighted by atomic mass is 19.1. The third kappa shape index (κ3) is 2.27. The average Bonchev–Trinajstić information content (AvgIpc) is 2.95. The molecule has 1 aliphatic carbocycles. The first-order chi connectivity index (χ1) is 10.3. The van der Waals surface area contributed by atoms with E-state index in [0.29, 0.717) is 11.6 Å². The van der Waals surface area contributed by atoms with E-state index in [9.17, 15) is 4.39 Å². The van der Waals surface area contributed by atoms with Gasteiger partial charge in [0.15, 0.2) is 0 Å². The fourth-order valence-electron chi connectivity index (χ4n) is 3.82.